The Hall–Kier alpha value is -1.30. The molecular weight excluding hydrogens is 204 g/mol. The molecule has 0 saturated heterocycles. The molecule has 0 fully saturated rings. The van der Waals surface area contributed by atoms with Crippen molar-refractivity contribution in [3.63, 3.8) is 0 Å². The van der Waals surface area contributed by atoms with E-state index in [0.29, 0.717) is 0 Å². The molecule has 0 atom stereocenters. The van der Waals surface area contributed by atoms with Crippen LogP contribution >= 0.6 is 0 Å². The fourth-order valence-electron chi connectivity index (χ4n) is 2.60. The molecule has 0 unspecified atom stereocenters. The van der Waals surface area contributed by atoms with Crippen molar-refractivity contribution < 1.29 is 0 Å². The number of hydrogen-bond donors (Lipinski definition) is 0. The molecule has 0 nitrogen and oxygen atoms in total. The quantitative estimate of drug-likeness (QED) is 0.589. The first-order chi connectivity index (χ1) is 7.80. The third-order valence-corrected chi connectivity index (χ3v) is 3.61. The average molecular weight is 226 g/mol. The molecule has 0 heteroatoms. The third kappa shape index (κ3) is 2.09. The molecule has 0 amide bonds. The minimum atomic E-state index is 0.217. The van der Waals surface area contributed by atoms with Crippen molar-refractivity contribution in [1.29, 1.82) is 0 Å². The van der Waals surface area contributed by atoms with E-state index in [1.807, 2.05) is 0 Å². The zero-order chi connectivity index (χ0) is 12.8. The lowest BCUT2D eigenvalue weighted by Crippen LogP contribution is -2.13. The number of benzene rings is 2. The van der Waals surface area contributed by atoms with E-state index in [1.165, 1.54) is 33.0 Å². The topological polar surface area (TPSA) is 0 Å². The molecule has 0 saturated carbocycles. The van der Waals surface area contributed by atoms with Crippen LogP contribution in [0.3, 0.4) is 0 Å². The first-order valence-electron chi connectivity index (χ1n) is 6.32. The van der Waals surface area contributed by atoms with Crippen LogP contribution in [-0.4, -0.2) is 0 Å². The van der Waals surface area contributed by atoms with Crippen LogP contribution in [0.1, 0.15) is 43.0 Å². The lowest BCUT2D eigenvalue weighted by molar-refractivity contribution is 0.587. The van der Waals surface area contributed by atoms with Crippen molar-refractivity contribution in [2.75, 3.05) is 0 Å². The van der Waals surface area contributed by atoms with Gasteiger partial charge in [0.25, 0.3) is 0 Å². The minimum absolute atomic E-state index is 0.217. The van der Waals surface area contributed by atoms with Gasteiger partial charge in [0.15, 0.2) is 0 Å². The summed E-state index contributed by atoms with van der Waals surface area (Å²) in [6, 6.07) is 9.17. The van der Waals surface area contributed by atoms with Crippen LogP contribution in [0.5, 0.6) is 0 Å². The molecular formula is C17H22. The fraction of sp³-hybridized carbons (Fsp3) is 0.412. The summed E-state index contributed by atoms with van der Waals surface area (Å²) in [7, 11) is 0. The highest BCUT2D eigenvalue weighted by Crippen LogP contribution is 2.32. The molecule has 2 aromatic rings. The minimum Gasteiger partial charge on any atom is -0.0584 e. The predicted octanol–water partition coefficient (Wildman–Crippen LogP) is 5.06. The summed E-state index contributed by atoms with van der Waals surface area (Å²) in [5.74, 6) is 0. The van der Waals surface area contributed by atoms with E-state index in [4.69, 9.17) is 0 Å². The summed E-state index contributed by atoms with van der Waals surface area (Å²) in [4.78, 5) is 0. The van der Waals surface area contributed by atoms with Crippen LogP contribution in [0.2, 0.25) is 0 Å². The van der Waals surface area contributed by atoms with E-state index in [2.05, 4.69) is 65.8 Å². The highest BCUT2D eigenvalue weighted by Gasteiger charge is 2.17. The van der Waals surface area contributed by atoms with Crippen molar-refractivity contribution in [1.82, 2.24) is 0 Å². The summed E-state index contributed by atoms with van der Waals surface area (Å²) < 4.78 is 0. The van der Waals surface area contributed by atoms with Crippen molar-refractivity contribution in [2.24, 2.45) is 0 Å². The van der Waals surface area contributed by atoms with Crippen LogP contribution in [0.15, 0.2) is 24.3 Å². The van der Waals surface area contributed by atoms with Crippen LogP contribution in [-0.2, 0) is 5.41 Å². The zero-order valence-electron chi connectivity index (χ0n) is 11.8. The van der Waals surface area contributed by atoms with Gasteiger partial charge in [0.2, 0.25) is 0 Å². The molecule has 0 aliphatic heterocycles. The van der Waals surface area contributed by atoms with E-state index in [0.717, 1.165) is 0 Å². The highest BCUT2D eigenvalue weighted by atomic mass is 14.2. The number of hydrogen-bond acceptors (Lipinski definition) is 0. The van der Waals surface area contributed by atoms with Gasteiger partial charge in [-0.3, -0.25) is 0 Å². The maximum atomic E-state index is 2.38. The first kappa shape index (κ1) is 12.2. The maximum Gasteiger partial charge on any atom is -0.0129 e. The molecule has 0 aliphatic carbocycles. The Balaban J connectivity index is 2.85. The van der Waals surface area contributed by atoms with Gasteiger partial charge in [0, 0.05) is 0 Å². The third-order valence-electron chi connectivity index (χ3n) is 3.61. The molecule has 0 aliphatic rings. The Morgan fingerprint density at radius 3 is 1.65 bits per heavy atom. The summed E-state index contributed by atoms with van der Waals surface area (Å²) in [5, 5.41) is 2.80. The largest absolute Gasteiger partial charge is 0.0584 e. The Kier molecular flexibility index (Phi) is 2.77. The van der Waals surface area contributed by atoms with E-state index in [1.54, 1.807) is 0 Å². The number of fused-ring (bicyclic) bond motifs is 1. The average Bonchev–Trinajstić information content (AvgIpc) is 2.21. The molecule has 17 heavy (non-hydrogen) atoms. The summed E-state index contributed by atoms with van der Waals surface area (Å²) >= 11 is 0. The molecule has 90 valence electrons. The van der Waals surface area contributed by atoms with Gasteiger partial charge >= 0.3 is 0 Å². The van der Waals surface area contributed by atoms with Crippen molar-refractivity contribution >= 4 is 10.8 Å². The standard InChI is InChI=1S/C17H22/c1-11-7-8-12(2)15-10-16(17(4,5)6)13(3)9-14(11)15/h7-10H,1-6H3. The van der Waals surface area contributed by atoms with Gasteiger partial charge < -0.3 is 0 Å². The van der Waals surface area contributed by atoms with Gasteiger partial charge in [-0.1, -0.05) is 45.0 Å². The van der Waals surface area contributed by atoms with Gasteiger partial charge in [-0.2, -0.15) is 0 Å². The van der Waals surface area contributed by atoms with E-state index in [9.17, 15) is 0 Å². The smallest absolute Gasteiger partial charge is 0.0129 e. The molecule has 2 aromatic carbocycles. The number of aryl methyl sites for hydroxylation is 3. The lowest BCUT2D eigenvalue weighted by atomic mass is 9.82. The Labute approximate surface area is 105 Å². The second-order valence-corrected chi connectivity index (χ2v) is 6.16. The predicted molar refractivity (Wildman–Crippen MR) is 76.9 cm³/mol. The summed E-state index contributed by atoms with van der Waals surface area (Å²) in [5.41, 5.74) is 5.82. The van der Waals surface area contributed by atoms with Crippen molar-refractivity contribution in [3.05, 3.63) is 46.5 Å². The molecule has 0 aromatic heterocycles. The monoisotopic (exact) mass is 226 g/mol. The summed E-state index contributed by atoms with van der Waals surface area (Å²) in [6.07, 6.45) is 0. The second-order valence-electron chi connectivity index (χ2n) is 6.16. The van der Waals surface area contributed by atoms with Crippen LogP contribution < -0.4 is 0 Å². The Bertz CT molecular complexity index is 569. The van der Waals surface area contributed by atoms with Crippen molar-refractivity contribution in [3.8, 4) is 0 Å². The molecule has 0 radical (unpaired) electrons. The molecule has 0 N–H and O–H groups in total. The van der Waals surface area contributed by atoms with Gasteiger partial charge in [0.1, 0.15) is 0 Å². The Morgan fingerprint density at radius 2 is 1.18 bits per heavy atom. The van der Waals surface area contributed by atoms with Gasteiger partial charge in [0.05, 0.1) is 0 Å². The molecule has 0 spiro atoms. The number of rotatable bonds is 0. The second kappa shape index (κ2) is 3.87. The van der Waals surface area contributed by atoms with Gasteiger partial charge in [-0.25, -0.2) is 0 Å². The Morgan fingerprint density at radius 1 is 0.706 bits per heavy atom. The van der Waals surface area contributed by atoms with Gasteiger partial charge in [-0.05, 0) is 59.2 Å². The maximum absolute atomic E-state index is 2.38. The molecule has 0 heterocycles. The normalized spacial score (nSPS) is 12.1. The van der Waals surface area contributed by atoms with Crippen molar-refractivity contribution in [2.45, 2.75) is 47.0 Å². The SMILES string of the molecule is Cc1cc2c(C)ccc(C)c2cc1C(C)(C)C. The van der Waals surface area contributed by atoms with Gasteiger partial charge in [-0.15, -0.1) is 0 Å². The van der Waals surface area contributed by atoms with Crippen LogP contribution in [0.25, 0.3) is 10.8 Å². The van der Waals surface area contributed by atoms with Crippen LogP contribution in [0.4, 0.5) is 0 Å². The highest BCUT2D eigenvalue weighted by molar-refractivity contribution is 5.90. The van der Waals surface area contributed by atoms with Crippen LogP contribution in [0, 0.1) is 20.8 Å². The summed E-state index contributed by atoms with van der Waals surface area (Å²) in [6.45, 7) is 13.5. The van der Waals surface area contributed by atoms with E-state index < -0.39 is 0 Å². The van der Waals surface area contributed by atoms with E-state index >= 15 is 0 Å². The van der Waals surface area contributed by atoms with E-state index in [-0.39, 0.29) is 5.41 Å². The molecule has 0 bridgehead atoms. The lowest BCUT2D eigenvalue weighted by Gasteiger charge is -2.23. The first-order valence-corrected chi connectivity index (χ1v) is 6.32. The fourth-order valence-corrected chi connectivity index (χ4v) is 2.60. The zero-order valence-corrected chi connectivity index (χ0v) is 11.8. The molecule has 2 rings (SSSR count).